The number of carbonyl (C=O) groups excluding carboxylic acids is 1. The third-order valence-electron chi connectivity index (χ3n) is 5.86. The highest BCUT2D eigenvalue weighted by molar-refractivity contribution is 7.89. The Kier molecular flexibility index (Phi) is 6.44. The van der Waals surface area contributed by atoms with Gasteiger partial charge in [-0.3, -0.25) is 9.69 Å². The number of hydrogen-bond acceptors (Lipinski definition) is 7. The molecule has 0 aliphatic carbocycles. The molecular weight excluding hydrogens is 462 g/mol. The topological polar surface area (TPSA) is 89.0 Å². The average Bonchev–Trinajstić information content (AvgIpc) is 3.52. The zero-order valence-electron chi connectivity index (χ0n) is 18.1. The first kappa shape index (κ1) is 22.4. The number of ether oxygens (including phenoxy) is 2. The van der Waals surface area contributed by atoms with Gasteiger partial charge in [0, 0.05) is 25.3 Å². The molecule has 5 rings (SSSR count). The fourth-order valence-corrected chi connectivity index (χ4v) is 6.52. The number of aromatic nitrogens is 1. The second-order valence-corrected chi connectivity index (χ2v) is 11.0. The molecule has 0 spiro atoms. The van der Waals surface area contributed by atoms with Crippen molar-refractivity contribution >= 4 is 42.6 Å². The number of morpholine rings is 1. The maximum atomic E-state index is 13.7. The van der Waals surface area contributed by atoms with E-state index in [1.54, 1.807) is 17.0 Å². The van der Waals surface area contributed by atoms with E-state index in [2.05, 4.69) is 4.98 Å². The summed E-state index contributed by atoms with van der Waals surface area (Å²) in [6.45, 7) is 2.39. The Bertz CT molecular complexity index is 1210. The number of amides is 1. The number of thiazole rings is 1. The summed E-state index contributed by atoms with van der Waals surface area (Å²) >= 11 is 1.44. The third-order valence-corrected chi connectivity index (χ3v) is 8.81. The van der Waals surface area contributed by atoms with Gasteiger partial charge in [0.15, 0.2) is 5.13 Å². The second kappa shape index (κ2) is 9.47. The standard InChI is InChI=1S/C23H25N3O5S2/c27-22(17-5-3-7-19(15-17)33(28,29)25-10-13-30-14-11-25)26(16-18-6-4-12-31-18)23-24-20-8-1-2-9-21(20)32-23/h1-3,5,7-9,15,18H,4,6,10-14,16H2/t18-/m1/s1. The Balaban J connectivity index is 1.48. The smallest absolute Gasteiger partial charge is 0.260 e. The summed E-state index contributed by atoms with van der Waals surface area (Å²) < 4.78 is 39.7. The van der Waals surface area contributed by atoms with E-state index in [4.69, 9.17) is 9.47 Å². The van der Waals surface area contributed by atoms with Gasteiger partial charge in [0.25, 0.3) is 5.91 Å². The fraction of sp³-hybridized carbons (Fsp3) is 0.391. The van der Waals surface area contributed by atoms with Crippen LogP contribution in [0.3, 0.4) is 0 Å². The van der Waals surface area contributed by atoms with Gasteiger partial charge >= 0.3 is 0 Å². The van der Waals surface area contributed by atoms with E-state index < -0.39 is 10.0 Å². The number of rotatable bonds is 6. The molecule has 0 bridgehead atoms. The van der Waals surface area contributed by atoms with Crippen LogP contribution in [0, 0.1) is 0 Å². The van der Waals surface area contributed by atoms with Crippen molar-refractivity contribution in [3.8, 4) is 0 Å². The van der Waals surface area contributed by atoms with Crippen molar-refractivity contribution in [2.45, 2.75) is 23.8 Å². The van der Waals surface area contributed by atoms with Crippen LogP contribution in [-0.2, 0) is 19.5 Å². The molecule has 2 aliphatic heterocycles. The lowest BCUT2D eigenvalue weighted by Gasteiger charge is -2.26. The maximum Gasteiger partial charge on any atom is 0.260 e. The Labute approximate surface area is 196 Å². The SMILES string of the molecule is O=C(c1cccc(S(=O)(=O)N2CCOCC2)c1)N(C[C@H]1CCCO1)c1nc2ccccc2s1. The van der Waals surface area contributed by atoms with Crippen LogP contribution in [0.5, 0.6) is 0 Å². The first-order valence-electron chi connectivity index (χ1n) is 11.0. The monoisotopic (exact) mass is 487 g/mol. The van der Waals surface area contributed by atoms with Crippen LogP contribution in [0.2, 0.25) is 0 Å². The second-order valence-electron chi connectivity index (χ2n) is 8.06. The highest BCUT2D eigenvalue weighted by Crippen LogP contribution is 2.31. The summed E-state index contributed by atoms with van der Waals surface area (Å²) in [5.74, 6) is -0.288. The van der Waals surface area contributed by atoms with Gasteiger partial charge in [-0.1, -0.05) is 29.5 Å². The van der Waals surface area contributed by atoms with Crippen LogP contribution in [-0.4, -0.2) is 69.2 Å². The Hall–Kier alpha value is -2.37. The largest absolute Gasteiger partial charge is 0.379 e. The lowest BCUT2D eigenvalue weighted by atomic mass is 10.2. The van der Waals surface area contributed by atoms with E-state index in [9.17, 15) is 13.2 Å². The summed E-state index contributed by atoms with van der Waals surface area (Å²) in [4.78, 5) is 20.1. The summed E-state index contributed by atoms with van der Waals surface area (Å²) in [6, 6.07) is 14.0. The number of hydrogen-bond donors (Lipinski definition) is 0. The van der Waals surface area contributed by atoms with Crippen molar-refractivity contribution in [1.29, 1.82) is 0 Å². The molecule has 1 aromatic heterocycles. The van der Waals surface area contributed by atoms with Crippen LogP contribution in [0.1, 0.15) is 23.2 Å². The Morgan fingerprint density at radius 2 is 1.94 bits per heavy atom. The number of sulfonamides is 1. The molecule has 0 radical (unpaired) electrons. The lowest BCUT2D eigenvalue weighted by molar-refractivity contribution is 0.0730. The van der Waals surface area contributed by atoms with Crippen molar-refractivity contribution in [1.82, 2.24) is 9.29 Å². The van der Waals surface area contributed by atoms with Gasteiger partial charge in [-0.25, -0.2) is 13.4 Å². The van der Waals surface area contributed by atoms with E-state index in [0.717, 1.165) is 23.1 Å². The molecule has 3 heterocycles. The summed E-state index contributed by atoms with van der Waals surface area (Å²) in [7, 11) is -3.71. The number of anilines is 1. The van der Waals surface area contributed by atoms with Crippen molar-refractivity contribution in [3.63, 3.8) is 0 Å². The molecule has 2 fully saturated rings. The fourth-order valence-electron chi connectivity index (χ4n) is 4.10. The quantitative estimate of drug-likeness (QED) is 0.531. The van der Waals surface area contributed by atoms with E-state index in [0.29, 0.717) is 50.1 Å². The normalized spacial score (nSPS) is 19.7. The minimum absolute atomic E-state index is 0.0683. The van der Waals surface area contributed by atoms with Gasteiger partial charge < -0.3 is 9.47 Å². The zero-order valence-corrected chi connectivity index (χ0v) is 19.7. The molecule has 0 saturated carbocycles. The van der Waals surface area contributed by atoms with Gasteiger partial charge in [0.1, 0.15) is 0 Å². The summed E-state index contributed by atoms with van der Waals surface area (Å²) in [6.07, 6.45) is 1.76. The minimum atomic E-state index is -3.71. The number of nitrogens with zero attached hydrogens (tertiary/aromatic N) is 3. The van der Waals surface area contributed by atoms with Crippen molar-refractivity contribution in [2.75, 3.05) is 44.4 Å². The number of benzene rings is 2. The Morgan fingerprint density at radius 3 is 2.70 bits per heavy atom. The van der Waals surface area contributed by atoms with Gasteiger partial charge in [-0.05, 0) is 43.2 Å². The molecule has 1 amide bonds. The predicted molar refractivity (Wildman–Crippen MR) is 126 cm³/mol. The summed E-state index contributed by atoms with van der Waals surface area (Å²) in [5.41, 5.74) is 1.13. The van der Waals surface area contributed by atoms with Crippen LogP contribution in [0.25, 0.3) is 10.2 Å². The minimum Gasteiger partial charge on any atom is -0.379 e. The molecule has 33 heavy (non-hydrogen) atoms. The molecule has 8 nitrogen and oxygen atoms in total. The third kappa shape index (κ3) is 4.67. The van der Waals surface area contributed by atoms with E-state index in [1.165, 1.54) is 27.8 Å². The summed E-state index contributed by atoms with van der Waals surface area (Å²) in [5, 5.41) is 0.582. The molecule has 174 valence electrons. The average molecular weight is 488 g/mol. The van der Waals surface area contributed by atoms with E-state index >= 15 is 0 Å². The van der Waals surface area contributed by atoms with Gasteiger partial charge in [0.05, 0.1) is 41.0 Å². The Morgan fingerprint density at radius 1 is 1.12 bits per heavy atom. The predicted octanol–water partition coefficient (Wildman–Crippen LogP) is 3.14. The molecule has 2 saturated heterocycles. The van der Waals surface area contributed by atoms with E-state index in [-0.39, 0.29) is 16.9 Å². The van der Waals surface area contributed by atoms with Gasteiger partial charge in [-0.2, -0.15) is 4.31 Å². The van der Waals surface area contributed by atoms with Crippen molar-refractivity contribution < 1.29 is 22.7 Å². The van der Waals surface area contributed by atoms with Crippen LogP contribution >= 0.6 is 11.3 Å². The van der Waals surface area contributed by atoms with Crippen LogP contribution in [0.4, 0.5) is 5.13 Å². The first-order chi connectivity index (χ1) is 16.0. The molecule has 10 heteroatoms. The molecular formula is C23H25N3O5S2. The van der Waals surface area contributed by atoms with Gasteiger partial charge in [-0.15, -0.1) is 0 Å². The number of carbonyl (C=O) groups is 1. The molecule has 0 unspecified atom stereocenters. The molecule has 2 aromatic carbocycles. The molecule has 1 atom stereocenters. The highest BCUT2D eigenvalue weighted by Gasteiger charge is 2.30. The molecule has 3 aromatic rings. The van der Waals surface area contributed by atoms with Gasteiger partial charge in [0.2, 0.25) is 10.0 Å². The van der Waals surface area contributed by atoms with E-state index in [1.807, 2.05) is 24.3 Å². The molecule has 2 aliphatic rings. The first-order valence-corrected chi connectivity index (χ1v) is 13.2. The van der Waals surface area contributed by atoms with Crippen LogP contribution in [0.15, 0.2) is 53.4 Å². The van der Waals surface area contributed by atoms with Crippen molar-refractivity contribution in [3.05, 3.63) is 54.1 Å². The van der Waals surface area contributed by atoms with Crippen molar-refractivity contribution in [2.24, 2.45) is 0 Å². The number of fused-ring (bicyclic) bond motifs is 1. The zero-order chi connectivity index (χ0) is 22.8. The lowest BCUT2D eigenvalue weighted by Crippen LogP contribution is -2.41. The maximum absolute atomic E-state index is 13.7. The van der Waals surface area contributed by atoms with Crippen LogP contribution < -0.4 is 4.90 Å². The molecule has 0 N–H and O–H groups in total. The number of para-hydroxylation sites is 1. The highest BCUT2D eigenvalue weighted by atomic mass is 32.2.